The van der Waals surface area contributed by atoms with E-state index >= 15 is 0 Å². The van der Waals surface area contributed by atoms with E-state index in [0.717, 1.165) is 25.0 Å². The second-order valence-corrected chi connectivity index (χ2v) is 4.71. The van der Waals surface area contributed by atoms with Crippen LogP contribution in [0, 0.1) is 16.0 Å². The predicted octanol–water partition coefficient (Wildman–Crippen LogP) is 1.97. The molecule has 0 saturated heterocycles. The number of non-ortho nitro benzene ring substituents is 1. The van der Waals surface area contributed by atoms with Crippen molar-refractivity contribution in [3.8, 4) is 0 Å². The Morgan fingerprint density at radius 1 is 1.56 bits per heavy atom. The van der Waals surface area contributed by atoms with Crippen LogP contribution >= 0.6 is 11.6 Å². The fraction of sp³-hybridized carbons (Fsp3) is 0.364. The van der Waals surface area contributed by atoms with E-state index < -0.39 is 10.8 Å². The minimum Gasteiger partial charge on any atom is -0.397 e. The minimum absolute atomic E-state index is 0.0146. The molecule has 1 aliphatic rings. The average Bonchev–Trinajstić information content (AvgIpc) is 3.13. The molecular weight excluding hydrogens is 258 g/mol. The molecule has 0 radical (unpaired) electrons. The Balaban J connectivity index is 2.23. The molecule has 0 bridgehead atoms. The number of hydrogen-bond donors (Lipinski definition) is 2. The summed E-state index contributed by atoms with van der Waals surface area (Å²) in [5, 5.41) is 13.4. The Bertz CT molecular complexity index is 515. The smallest absolute Gasteiger partial charge is 0.271 e. The normalized spacial score (nSPS) is 14.3. The van der Waals surface area contributed by atoms with Gasteiger partial charge in [0.15, 0.2) is 0 Å². The molecule has 1 fully saturated rings. The standard InChI is InChI=1S/C11H12ClN3O3/c12-9-4-7(15(17)18)3-8(10(9)13)11(16)14-5-6-1-2-6/h3-4,6H,1-2,5,13H2,(H,14,16). The third-order valence-corrected chi connectivity index (χ3v) is 3.13. The first-order chi connectivity index (χ1) is 8.49. The quantitative estimate of drug-likeness (QED) is 0.496. The van der Waals surface area contributed by atoms with Crippen LogP contribution < -0.4 is 11.1 Å². The van der Waals surface area contributed by atoms with Crippen molar-refractivity contribution >= 4 is 28.9 Å². The number of amides is 1. The van der Waals surface area contributed by atoms with Crippen molar-refractivity contribution in [2.24, 2.45) is 5.92 Å². The lowest BCUT2D eigenvalue weighted by Crippen LogP contribution is -2.26. The summed E-state index contributed by atoms with van der Waals surface area (Å²) in [6, 6.07) is 2.28. The Hall–Kier alpha value is -1.82. The maximum atomic E-state index is 11.9. The number of nitrogens with one attached hydrogen (secondary N) is 1. The first-order valence-corrected chi connectivity index (χ1v) is 5.88. The molecule has 0 atom stereocenters. The molecule has 2 rings (SSSR count). The monoisotopic (exact) mass is 269 g/mol. The molecule has 0 spiro atoms. The van der Waals surface area contributed by atoms with Crippen LogP contribution in [0.25, 0.3) is 0 Å². The van der Waals surface area contributed by atoms with Gasteiger partial charge in [0.1, 0.15) is 0 Å². The summed E-state index contributed by atoms with van der Waals surface area (Å²) in [6.45, 7) is 0.568. The van der Waals surface area contributed by atoms with Crippen molar-refractivity contribution < 1.29 is 9.72 Å². The van der Waals surface area contributed by atoms with Gasteiger partial charge in [-0.2, -0.15) is 0 Å². The van der Waals surface area contributed by atoms with Gasteiger partial charge in [0, 0.05) is 18.7 Å². The SMILES string of the molecule is Nc1c(Cl)cc([N+](=O)[O-])cc1C(=O)NCC1CC1. The molecule has 0 heterocycles. The van der Waals surface area contributed by atoms with Gasteiger partial charge in [-0.25, -0.2) is 0 Å². The minimum atomic E-state index is -0.608. The number of nitrogens with two attached hydrogens (primary N) is 1. The molecule has 7 heteroatoms. The highest BCUT2D eigenvalue weighted by atomic mass is 35.5. The predicted molar refractivity (Wildman–Crippen MR) is 67.6 cm³/mol. The fourth-order valence-corrected chi connectivity index (χ4v) is 1.76. The maximum absolute atomic E-state index is 11.9. The van der Waals surface area contributed by atoms with Crippen molar-refractivity contribution in [2.45, 2.75) is 12.8 Å². The largest absolute Gasteiger partial charge is 0.397 e. The Morgan fingerprint density at radius 2 is 2.22 bits per heavy atom. The number of nitro groups is 1. The van der Waals surface area contributed by atoms with E-state index in [0.29, 0.717) is 12.5 Å². The topological polar surface area (TPSA) is 98.3 Å². The summed E-state index contributed by atoms with van der Waals surface area (Å²) < 4.78 is 0. The zero-order chi connectivity index (χ0) is 13.3. The van der Waals surface area contributed by atoms with E-state index in [1.54, 1.807) is 0 Å². The molecule has 0 aromatic heterocycles. The number of nitrogens with zero attached hydrogens (tertiary/aromatic N) is 1. The van der Waals surface area contributed by atoms with Crippen LogP contribution in [-0.4, -0.2) is 17.4 Å². The van der Waals surface area contributed by atoms with Gasteiger partial charge in [0.25, 0.3) is 11.6 Å². The molecule has 96 valence electrons. The van der Waals surface area contributed by atoms with Crippen LogP contribution in [0.2, 0.25) is 5.02 Å². The molecule has 18 heavy (non-hydrogen) atoms. The van der Waals surface area contributed by atoms with Crippen LogP contribution in [0.3, 0.4) is 0 Å². The summed E-state index contributed by atoms with van der Waals surface area (Å²) in [6.07, 6.45) is 2.21. The highest BCUT2D eigenvalue weighted by molar-refractivity contribution is 6.34. The highest BCUT2D eigenvalue weighted by Gasteiger charge is 2.23. The summed E-state index contributed by atoms with van der Waals surface area (Å²) in [5.74, 6) is 0.0920. The van der Waals surface area contributed by atoms with E-state index in [1.165, 1.54) is 0 Å². The molecule has 0 unspecified atom stereocenters. The third-order valence-electron chi connectivity index (χ3n) is 2.82. The molecule has 1 amide bonds. The molecule has 1 aliphatic carbocycles. The Kier molecular flexibility index (Phi) is 3.38. The number of anilines is 1. The second kappa shape index (κ2) is 4.81. The van der Waals surface area contributed by atoms with Crippen molar-refractivity contribution in [2.75, 3.05) is 12.3 Å². The van der Waals surface area contributed by atoms with Crippen LogP contribution in [0.15, 0.2) is 12.1 Å². The van der Waals surface area contributed by atoms with Gasteiger partial charge in [-0.1, -0.05) is 11.6 Å². The lowest BCUT2D eigenvalue weighted by molar-refractivity contribution is -0.384. The zero-order valence-electron chi connectivity index (χ0n) is 9.48. The summed E-state index contributed by atoms with van der Waals surface area (Å²) in [5.41, 5.74) is 5.53. The number of carbonyl (C=O) groups is 1. The van der Waals surface area contributed by atoms with Gasteiger partial charge in [-0.15, -0.1) is 0 Å². The number of carbonyl (C=O) groups excluding carboxylic acids is 1. The number of benzene rings is 1. The van der Waals surface area contributed by atoms with E-state index in [4.69, 9.17) is 17.3 Å². The van der Waals surface area contributed by atoms with E-state index in [-0.39, 0.29) is 22.0 Å². The van der Waals surface area contributed by atoms with Crippen LogP contribution in [0.4, 0.5) is 11.4 Å². The van der Waals surface area contributed by atoms with Crippen LogP contribution in [0.5, 0.6) is 0 Å². The first-order valence-electron chi connectivity index (χ1n) is 5.50. The van der Waals surface area contributed by atoms with Gasteiger partial charge in [0.05, 0.1) is 21.2 Å². The zero-order valence-corrected chi connectivity index (χ0v) is 10.2. The third kappa shape index (κ3) is 2.70. The molecule has 1 saturated carbocycles. The molecule has 1 aromatic rings. The molecule has 3 N–H and O–H groups in total. The molecular formula is C11H12ClN3O3. The van der Waals surface area contributed by atoms with Crippen molar-refractivity contribution in [3.63, 3.8) is 0 Å². The summed E-state index contributed by atoms with van der Waals surface area (Å²) in [7, 11) is 0. The van der Waals surface area contributed by atoms with E-state index in [9.17, 15) is 14.9 Å². The van der Waals surface area contributed by atoms with Gasteiger partial charge < -0.3 is 11.1 Å². The Morgan fingerprint density at radius 3 is 2.78 bits per heavy atom. The van der Waals surface area contributed by atoms with Crippen molar-refractivity contribution in [1.29, 1.82) is 0 Å². The van der Waals surface area contributed by atoms with Crippen LogP contribution in [0.1, 0.15) is 23.2 Å². The van der Waals surface area contributed by atoms with Crippen molar-refractivity contribution in [3.05, 3.63) is 32.8 Å². The van der Waals surface area contributed by atoms with E-state index in [2.05, 4.69) is 5.32 Å². The molecule has 0 aliphatic heterocycles. The number of rotatable bonds is 4. The van der Waals surface area contributed by atoms with Gasteiger partial charge in [-0.05, 0) is 18.8 Å². The van der Waals surface area contributed by atoms with Crippen molar-refractivity contribution in [1.82, 2.24) is 5.32 Å². The van der Waals surface area contributed by atoms with E-state index in [1.807, 2.05) is 0 Å². The van der Waals surface area contributed by atoms with Gasteiger partial charge >= 0.3 is 0 Å². The maximum Gasteiger partial charge on any atom is 0.271 e. The number of nitrogen functional groups attached to an aromatic ring is 1. The number of hydrogen-bond acceptors (Lipinski definition) is 4. The molecule has 6 nitrogen and oxygen atoms in total. The van der Waals surface area contributed by atoms with Gasteiger partial charge in [0.2, 0.25) is 0 Å². The Labute approximate surface area is 108 Å². The van der Waals surface area contributed by atoms with Gasteiger partial charge in [-0.3, -0.25) is 14.9 Å². The first kappa shape index (κ1) is 12.6. The number of nitro benzene ring substituents is 1. The lowest BCUT2D eigenvalue weighted by Gasteiger charge is -2.08. The highest BCUT2D eigenvalue weighted by Crippen LogP contribution is 2.30. The lowest BCUT2D eigenvalue weighted by atomic mass is 10.1. The summed E-state index contributed by atoms with van der Waals surface area (Å²) in [4.78, 5) is 21.9. The number of halogens is 1. The second-order valence-electron chi connectivity index (χ2n) is 4.30. The average molecular weight is 270 g/mol. The molecule has 1 aromatic carbocycles. The van der Waals surface area contributed by atoms with Crippen LogP contribution in [-0.2, 0) is 0 Å². The fourth-order valence-electron chi connectivity index (χ4n) is 1.55. The summed E-state index contributed by atoms with van der Waals surface area (Å²) >= 11 is 5.77.